The molecule has 0 spiro atoms. The molecule has 0 atom stereocenters. The molecule has 5 nitrogen and oxygen atoms in total. The average Bonchev–Trinajstić information content (AvgIpc) is 2.53. The minimum absolute atomic E-state index is 0.593. The second kappa shape index (κ2) is 6.73. The summed E-state index contributed by atoms with van der Waals surface area (Å²) in [5, 5.41) is 0. The second-order valence-corrected chi connectivity index (χ2v) is 5.88. The standard InChI is InChI=1S/C17H22N4O/c1-13-11-14(2)20-17(19-13)21-9-5-15(6-10-21)12-22-16-3-7-18-8-4-16/h3-4,7-8,11,15H,5-6,9-10,12H2,1-2H3. The van der Waals surface area contributed by atoms with Gasteiger partial charge in [0.15, 0.2) is 0 Å². The Balaban J connectivity index is 1.52. The molecule has 116 valence electrons. The van der Waals surface area contributed by atoms with Crippen molar-refractivity contribution in [2.75, 3.05) is 24.6 Å². The molecule has 0 amide bonds. The van der Waals surface area contributed by atoms with E-state index in [9.17, 15) is 0 Å². The lowest BCUT2D eigenvalue weighted by molar-refractivity contribution is 0.222. The molecule has 0 radical (unpaired) electrons. The summed E-state index contributed by atoms with van der Waals surface area (Å²) in [5.74, 6) is 2.36. The fourth-order valence-electron chi connectivity index (χ4n) is 2.80. The van der Waals surface area contributed by atoms with Crippen molar-refractivity contribution in [2.45, 2.75) is 26.7 Å². The molecular weight excluding hydrogens is 276 g/mol. The normalized spacial score (nSPS) is 15.8. The van der Waals surface area contributed by atoms with Crippen molar-refractivity contribution >= 4 is 5.95 Å². The SMILES string of the molecule is Cc1cc(C)nc(N2CCC(COc3ccncc3)CC2)n1. The summed E-state index contributed by atoms with van der Waals surface area (Å²) < 4.78 is 5.83. The third kappa shape index (κ3) is 3.72. The van der Waals surface area contributed by atoms with Gasteiger partial charge < -0.3 is 9.64 Å². The van der Waals surface area contributed by atoms with Crippen LogP contribution in [0.4, 0.5) is 5.95 Å². The van der Waals surface area contributed by atoms with Crippen LogP contribution in [-0.2, 0) is 0 Å². The van der Waals surface area contributed by atoms with Crippen molar-refractivity contribution in [1.82, 2.24) is 15.0 Å². The summed E-state index contributed by atoms with van der Waals surface area (Å²) in [5.41, 5.74) is 2.07. The third-order valence-corrected chi connectivity index (χ3v) is 4.00. The van der Waals surface area contributed by atoms with E-state index in [1.54, 1.807) is 12.4 Å². The first-order valence-corrected chi connectivity index (χ1v) is 7.81. The van der Waals surface area contributed by atoms with Gasteiger partial charge in [0.2, 0.25) is 5.95 Å². The van der Waals surface area contributed by atoms with Gasteiger partial charge in [0.1, 0.15) is 5.75 Å². The number of hydrogen-bond donors (Lipinski definition) is 0. The van der Waals surface area contributed by atoms with E-state index in [1.807, 2.05) is 32.0 Å². The minimum atomic E-state index is 0.593. The number of piperidine rings is 1. The Kier molecular flexibility index (Phi) is 4.51. The van der Waals surface area contributed by atoms with Crippen molar-refractivity contribution < 1.29 is 4.74 Å². The molecule has 1 aliphatic rings. The second-order valence-electron chi connectivity index (χ2n) is 5.88. The van der Waals surface area contributed by atoms with Crippen molar-refractivity contribution in [3.63, 3.8) is 0 Å². The molecule has 5 heteroatoms. The Morgan fingerprint density at radius 1 is 1.09 bits per heavy atom. The van der Waals surface area contributed by atoms with E-state index in [0.717, 1.165) is 55.6 Å². The summed E-state index contributed by atoms with van der Waals surface area (Å²) in [6.45, 7) is 6.80. The molecule has 0 N–H and O–H groups in total. The number of hydrogen-bond acceptors (Lipinski definition) is 5. The summed E-state index contributed by atoms with van der Waals surface area (Å²) in [4.78, 5) is 15.4. The van der Waals surface area contributed by atoms with Gasteiger partial charge in [0.05, 0.1) is 6.61 Å². The molecule has 1 saturated heterocycles. The largest absolute Gasteiger partial charge is 0.493 e. The smallest absolute Gasteiger partial charge is 0.225 e. The first-order valence-electron chi connectivity index (χ1n) is 7.81. The van der Waals surface area contributed by atoms with Crippen LogP contribution >= 0.6 is 0 Å². The molecule has 0 saturated carbocycles. The van der Waals surface area contributed by atoms with Gasteiger partial charge in [0, 0.05) is 36.9 Å². The number of rotatable bonds is 4. The van der Waals surface area contributed by atoms with Crippen molar-refractivity contribution in [1.29, 1.82) is 0 Å². The highest BCUT2D eigenvalue weighted by Crippen LogP contribution is 2.22. The van der Waals surface area contributed by atoms with Crippen LogP contribution in [0, 0.1) is 19.8 Å². The highest BCUT2D eigenvalue weighted by Gasteiger charge is 2.21. The van der Waals surface area contributed by atoms with E-state index < -0.39 is 0 Å². The molecule has 0 bridgehead atoms. The zero-order valence-corrected chi connectivity index (χ0v) is 13.2. The van der Waals surface area contributed by atoms with Crippen molar-refractivity contribution in [3.05, 3.63) is 42.0 Å². The molecule has 2 aromatic heterocycles. The summed E-state index contributed by atoms with van der Waals surface area (Å²) in [6.07, 6.45) is 5.74. The number of nitrogens with zero attached hydrogens (tertiary/aromatic N) is 4. The molecule has 1 fully saturated rings. The maximum absolute atomic E-state index is 5.83. The Morgan fingerprint density at radius 2 is 1.73 bits per heavy atom. The van der Waals surface area contributed by atoms with Crippen LogP contribution in [0.2, 0.25) is 0 Å². The van der Waals surface area contributed by atoms with E-state index in [-0.39, 0.29) is 0 Å². The summed E-state index contributed by atoms with van der Waals surface area (Å²) >= 11 is 0. The highest BCUT2D eigenvalue weighted by atomic mass is 16.5. The quantitative estimate of drug-likeness (QED) is 0.868. The Labute approximate surface area is 131 Å². The summed E-state index contributed by atoms with van der Waals surface area (Å²) in [6, 6.07) is 5.82. The molecule has 0 unspecified atom stereocenters. The predicted molar refractivity (Wildman–Crippen MR) is 86.2 cm³/mol. The van der Waals surface area contributed by atoms with Gasteiger partial charge in [-0.2, -0.15) is 0 Å². The fourth-order valence-corrected chi connectivity index (χ4v) is 2.80. The molecule has 22 heavy (non-hydrogen) atoms. The lowest BCUT2D eigenvalue weighted by Crippen LogP contribution is -2.36. The van der Waals surface area contributed by atoms with Gasteiger partial charge in [-0.3, -0.25) is 4.98 Å². The molecular formula is C17H22N4O. The van der Waals surface area contributed by atoms with Crippen LogP contribution in [0.15, 0.2) is 30.6 Å². The topological polar surface area (TPSA) is 51.1 Å². The van der Waals surface area contributed by atoms with Crippen molar-refractivity contribution in [2.24, 2.45) is 5.92 Å². The van der Waals surface area contributed by atoms with Gasteiger partial charge in [-0.05, 0) is 50.8 Å². The maximum atomic E-state index is 5.83. The van der Waals surface area contributed by atoms with Crippen LogP contribution < -0.4 is 9.64 Å². The van der Waals surface area contributed by atoms with Crippen LogP contribution in [0.25, 0.3) is 0 Å². The van der Waals surface area contributed by atoms with E-state index in [4.69, 9.17) is 4.74 Å². The average molecular weight is 298 g/mol. The number of anilines is 1. The first-order chi connectivity index (χ1) is 10.7. The fraction of sp³-hybridized carbons (Fsp3) is 0.471. The number of aryl methyl sites for hydroxylation is 2. The van der Waals surface area contributed by atoms with E-state index in [1.165, 1.54) is 0 Å². The van der Waals surface area contributed by atoms with E-state index >= 15 is 0 Å². The Bertz CT molecular complexity index is 589. The highest BCUT2D eigenvalue weighted by molar-refractivity contribution is 5.32. The van der Waals surface area contributed by atoms with E-state index in [2.05, 4.69) is 19.9 Å². The van der Waals surface area contributed by atoms with Crippen LogP contribution in [0.1, 0.15) is 24.2 Å². The van der Waals surface area contributed by atoms with Crippen molar-refractivity contribution in [3.8, 4) is 5.75 Å². The molecule has 2 aromatic rings. The zero-order valence-electron chi connectivity index (χ0n) is 13.2. The van der Waals surface area contributed by atoms with Crippen LogP contribution in [0.5, 0.6) is 5.75 Å². The maximum Gasteiger partial charge on any atom is 0.225 e. The number of pyridine rings is 1. The molecule has 1 aliphatic heterocycles. The molecule has 3 rings (SSSR count). The predicted octanol–water partition coefficient (Wildman–Crippen LogP) is 2.78. The summed E-state index contributed by atoms with van der Waals surface area (Å²) in [7, 11) is 0. The number of aromatic nitrogens is 3. The van der Waals surface area contributed by atoms with Gasteiger partial charge in [-0.25, -0.2) is 9.97 Å². The zero-order chi connectivity index (χ0) is 15.4. The molecule has 0 aliphatic carbocycles. The monoisotopic (exact) mass is 298 g/mol. The molecule has 0 aromatic carbocycles. The number of ether oxygens (including phenoxy) is 1. The minimum Gasteiger partial charge on any atom is -0.493 e. The van der Waals surface area contributed by atoms with Crippen LogP contribution in [0.3, 0.4) is 0 Å². The lowest BCUT2D eigenvalue weighted by Gasteiger charge is -2.32. The van der Waals surface area contributed by atoms with E-state index in [0.29, 0.717) is 5.92 Å². The Morgan fingerprint density at radius 3 is 2.36 bits per heavy atom. The van der Waals surface area contributed by atoms with Gasteiger partial charge in [-0.1, -0.05) is 0 Å². The lowest BCUT2D eigenvalue weighted by atomic mass is 9.98. The first kappa shape index (κ1) is 14.8. The Hall–Kier alpha value is -2.17. The van der Waals surface area contributed by atoms with Crippen LogP contribution in [-0.4, -0.2) is 34.6 Å². The third-order valence-electron chi connectivity index (χ3n) is 4.00. The molecule has 3 heterocycles. The van der Waals surface area contributed by atoms with Gasteiger partial charge >= 0.3 is 0 Å². The van der Waals surface area contributed by atoms with Gasteiger partial charge in [0.25, 0.3) is 0 Å². The van der Waals surface area contributed by atoms with Gasteiger partial charge in [-0.15, -0.1) is 0 Å².